The van der Waals surface area contributed by atoms with E-state index < -0.39 is 0 Å². The first-order chi connectivity index (χ1) is 16.3. The average Bonchev–Trinajstić information content (AvgIpc) is 3.05. The second kappa shape index (κ2) is 10.1. The number of aromatic nitrogens is 1. The van der Waals surface area contributed by atoms with E-state index in [4.69, 9.17) is 28.6 Å². The zero-order valence-electron chi connectivity index (χ0n) is 18.8. The third-order valence-corrected chi connectivity index (χ3v) is 6.42. The molecule has 0 unspecified atom stereocenters. The number of aryl methyl sites for hydroxylation is 2. The number of anilines is 1. The first-order valence-electron chi connectivity index (χ1n) is 10.4. The van der Waals surface area contributed by atoms with E-state index >= 15 is 0 Å². The molecule has 34 heavy (non-hydrogen) atoms. The first-order valence-corrected chi connectivity index (χ1v) is 12.0. The lowest BCUT2D eigenvalue weighted by Gasteiger charge is -2.11. The summed E-state index contributed by atoms with van der Waals surface area (Å²) >= 11 is 15.0. The third-order valence-electron chi connectivity index (χ3n) is 5.45. The fourth-order valence-corrected chi connectivity index (χ4v) is 4.46. The largest absolute Gasteiger partial charge is 0.495 e. The van der Waals surface area contributed by atoms with Crippen LogP contribution in [0.2, 0.25) is 5.02 Å². The Morgan fingerprint density at radius 1 is 1.15 bits per heavy atom. The molecular formula is C25H22BrClN4O2S. The monoisotopic (exact) mass is 556 g/mol. The zero-order valence-corrected chi connectivity index (χ0v) is 21.9. The molecular weight excluding hydrogens is 536 g/mol. The first kappa shape index (κ1) is 24.2. The minimum Gasteiger partial charge on any atom is -0.495 e. The zero-order chi connectivity index (χ0) is 24.4. The number of thiocarbonyl (C=S) groups is 1. The van der Waals surface area contributed by atoms with E-state index in [1.54, 1.807) is 25.3 Å². The fourth-order valence-electron chi connectivity index (χ4n) is 3.68. The quantitative estimate of drug-likeness (QED) is 0.193. The van der Waals surface area contributed by atoms with E-state index in [9.17, 15) is 5.11 Å². The van der Waals surface area contributed by atoms with Gasteiger partial charge in [0.2, 0.25) is 11.0 Å². The highest BCUT2D eigenvalue weighted by atomic mass is 79.9. The highest BCUT2D eigenvalue weighted by molar-refractivity contribution is 9.10. The molecule has 0 atom stereocenters. The van der Waals surface area contributed by atoms with Gasteiger partial charge in [-0.05, 0) is 73.6 Å². The maximum Gasteiger partial charge on any atom is 0.221 e. The molecule has 174 valence electrons. The Morgan fingerprint density at radius 3 is 2.68 bits per heavy atom. The number of nitrogens with zero attached hydrogens (tertiary/aromatic N) is 3. The number of fused-ring (bicyclic) bond motifs is 1. The van der Waals surface area contributed by atoms with Gasteiger partial charge in [0.05, 0.1) is 24.2 Å². The molecule has 4 rings (SSSR count). The lowest BCUT2D eigenvalue weighted by molar-refractivity contribution is 0.415. The van der Waals surface area contributed by atoms with Crippen LogP contribution in [0.5, 0.6) is 11.6 Å². The van der Waals surface area contributed by atoms with Crippen LogP contribution in [0, 0.1) is 13.8 Å². The van der Waals surface area contributed by atoms with Crippen molar-refractivity contribution in [2.24, 2.45) is 10.2 Å². The van der Waals surface area contributed by atoms with Crippen molar-refractivity contribution in [3.8, 4) is 11.6 Å². The van der Waals surface area contributed by atoms with Gasteiger partial charge in [-0.3, -0.25) is 0 Å². The van der Waals surface area contributed by atoms with Crippen LogP contribution in [-0.2, 0) is 6.54 Å². The summed E-state index contributed by atoms with van der Waals surface area (Å²) in [6.45, 7) is 4.61. The van der Waals surface area contributed by atoms with Gasteiger partial charge in [-0.1, -0.05) is 51.3 Å². The van der Waals surface area contributed by atoms with Crippen molar-refractivity contribution < 1.29 is 9.84 Å². The number of aromatic hydroxyl groups is 1. The van der Waals surface area contributed by atoms with Crippen LogP contribution in [0.3, 0.4) is 0 Å². The number of azo groups is 1. The maximum atomic E-state index is 11.1. The predicted octanol–water partition coefficient (Wildman–Crippen LogP) is 7.92. The van der Waals surface area contributed by atoms with Crippen LogP contribution in [-0.4, -0.2) is 21.9 Å². The highest BCUT2D eigenvalue weighted by Gasteiger charge is 2.18. The lowest BCUT2D eigenvalue weighted by atomic mass is 10.1. The lowest BCUT2D eigenvalue weighted by Crippen LogP contribution is -2.04. The van der Waals surface area contributed by atoms with Crippen molar-refractivity contribution in [1.29, 1.82) is 0 Å². The molecule has 0 radical (unpaired) electrons. The fraction of sp³-hybridized carbons (Fsp3) is 0.160. The Bertz CT molecular complexity index is 1430. The topological polar surface area (TPSA) is 71.1 Å². The van der Waals surface area contributed by atoms with Crippen LogP contribution in [0.4, 0.5) is 11.4 Å². The molecule has 0 aliphatic rings. The van der Waals surface area contributed by atoms with Gasteiger partial charge in [-0.25, -0.2) is 0 Å². The summed E-state index contributed by atoms with van der Waals surface area (Å²) in [5.41, 5.74) is 5.27. The molecule has 0 aliphatic heterocycles. The molecule has 6 nitrogen and oxygen atoms in total. The normalized spacial score (nSPS) is 11.3. The van der Waals surface area contributed by atoms with Crippen LogP contribution < -0.4 is 10.1 Å². The van der Waals surface area contributed by atoms with Gasteiger partial charge < -0.3 is 19.7 Å². The molecule has 9 heteroatoms. The average molecular weight is 558 g/mol. The van der Waals surface area contributed by atoms with Crippen LogP contribution in [0.25, 0.3) is 10.9 Å². The Hall–Kier alpha value is -2.94. The van der Waals surface area contributed by atoms with Crippen LogP contribution in [0.15, 0.2) is 69.3 Å². The molecule has 3 aromatic carbocycles. The minimum atomic E-state index is 0.0213. The molecule has 2 N–H and O–H groups in total. The molecule has 0 spiro atoms. The van der Waals surface area contributed by atoms with Gasteiger partial charge in [-0.15, -0.1) is 10.2 Å². The van der Waals surface area contributed by atoms with Crippen LogP contribution in [0.1, 0.15) is 16.7 Å². The maximum absolute atomic E-state index is 11.1. The number of nitrogens with one attached hydrogen (secondary N) is 1. The number of halogens is 2. The highest BCUT2D eigenvalue weighted by Crippen LogP contribution is 2.40. The standard InChI is InChI=1S/C25H22BrClN4O2S/c1-14-4-5-15(2)16(10-14)13-31-21-8-6-17(26)11-19(21)23(24(31)32)29-30-25(34)28-18-7-9-22(33-3)20(27)12-18/h4-12,32H,13H2,1-3H3,(H,28,34). The van der Waals surface area contributed by atoms with E-state index in [1.165, 1.54) is 0 Å². The Morgan fingerprint density at radius 2 is 1.94 bits per heavy atom. The van der Waals surface area contributed by atoms with E-state index in [2.05, 4.69) is 63.5 Å². The number of rotatable bonds is 5. The summed E-state index contributed by atoms with van der Waals surface area (Å²) in [6.07, 6.45) is 0. The van der Waals surface area contributed by atoms with Crippen molar-refractivity contribution in [3.05, 3.63) is 80.8 Å². The Balaban J connectivity index is 1.67. The molecule has 0 saturated carbocycles. The van der Waals surface area contributed by atoms with Gasteiger partial charge in [0, 0.05) is 15.5 Å². The Kier molecular flexibility index (Phi) is 7.21. The molecule has 4 aromatic rings. The SMILES string of the molecule is COc1ccc(NC(=S)N=Nc2c(O)n(Cc3cc(C)ccc3C)c3ccc(Br)cc23)cc1Cl. The number of methoxy groups -OCH3 is 1. The van der Waals surface area contributed by atoms with Crippen molar-refractivity contribution in [1.82, 2.24) is 4.57 Å². The smallest absolute Gasteiger partial charge is 0.221 e. The van der Waals surface area contributed by atoms with E-state index in [1.807, 2.05) is 22.8 Å². The molecule has 0 amide bonds. The molecule has 0 fully saturated rings. The van der Waals surface area contributed by atoms with Crippen molar-refractivity contribution in [3.63, 3.8) is 0 Å². The van der Waals surface area contributed by atoms with E-state index in [-0.39, 0.29) is 11.0 Å². The minimum absolute atomic E-state index is 0.0213. The Labute approximate surface area is 216 Å². The van der Waals surface area contributed by atoms with E-state index in [0.717, 1.165) is 32.1 Å². The summed E-state index contributed by atoms with van der Waals surface area (Å²) in [7, 11) is 1.55. The van der Waals surface area contributed by atoms with Crippen LogP contribution >= 0.6 is 39.7 Å². The van der Waals surface area contributed by atoms with Crippen molar-refractivity contribution in [2.45, 2.75) is 20.4 Å². The van der Waals surface area contributed by atoms with Gasteiger partial charge in [-0.2, -0.15) is 0 Å². The van der Waals surface area contributed by atoms with Crippen molar-refractivity contribution in [2.75, 3.05) is 12.4 Å². The van der Waals surface area contributed by atoms with Gasteiger partial charge >= 0.3 is 0 Å². The molecule has 0 bridgehead atoms. The summed E-state index contributed by atoms with van der Waals surface area (Å²) in [4.78, 5) is 0. The third kappa shape index (κ3) is 5.09. The predicted molar refractivity (Wildman–Crippen MR) is 145 cm³/mol. The number of hydrogen-bond acceptors (Lipinski definition) is 4. The second-order valence-corrected chi connectivity index (χ2v) is 9.54. The molecule has 0 saturated heterocycles. The number of ether oxygens (including phenoxy) is 1. The number of hydrogen-bond donors (Lipinski definition) is 2. The van der Waals surface area contributed by atoms with Gasteiger partial charge in [0.15, 0.2) is 5.69 Å². The van der Waals surface area contributed by atoms with Gasteiger partial charge in [0.1, 0.15) is 5.75 Å². The van der Waals surface area contributed by atoms with E-state index in [0.29, 0.717) is 28.7 Å². The summed E-state index contributed by atoms with van der Waals surface area (Å²) in [5, 5.41) is 23.9. The summed E-state index contributed by atoms with van der Waals surface area (Å²) < 4.78 is 7.86. The molecule has 1 aromatic heterocycles. The second-order valence-electron chi connectivity index (χ2n) is 7.83. The summed E-state index contributed by atoms with van der Waals surface area (Å²) in [6, 6.07) is 17.3. The number of benzene rings is 3. The van der Waals surface area contributed by atoms with Gasteiger partial charge in [0.25, 0.3) is 0 Å². The summed E-state index contributed by atoms with van der Waals surface area (Å²) in [5.74, 6) is 0.583. The molecule has 1 heterocycles. The van der Waals surface area contributed by atoms with Crippen molar-refractivity contribution >= 4 is 67.1 Å². The molecule has 0 aliphatic carbocycles.